The predicted octanol–water partition coefficient (Wildman–Crippen LogP) is 3.96. The fraction of sp³-hybridized carbons (Fsp3) is 0.533. The first-order valence-electron chi connectivity index (χ1n) is 6.72. The van der Waals surface area contributed by atoms with Crippen LogP contribution < -0.4 is 4.74 Å². The number of ether oxygens (including phenoxy) is 1. The molecule has 0 radical (unpaired) electrons. The molecule has 1 saturated carbocycles. The molecule has 1 aliphatic rings. The van der Waals surface area contributed by atoms with Gasteiger partial charge in [-0.05, 0) is 30.5 Å². The van der Waals surface area contributed by atoms with Crippen LogP contribution in [0.4, 0.5) is 0 Å². The first-order chi connectivity index (χ1) is 9.20. The Bertz CT molecular complexity index is 439. The highest BCUT2D eigenvalue weighted by Gasteiger charge is 2.15. The normalized spacial score (nSPS) is 16.3. The van der Waals surface area contributed by atoms with Gasteiger partial charge in [0.15, 0.2) is 0 Å². The van der Waals surface area contributed by atoms with E-state index >= 15 is 0 Å². The van der Waals surface area contributed by atoms with Crippen molar-refractivity contribution in [2.45, 2.75) is 43.1 Å². The Morgan fingerprint density at radius 1 is 1.37 bits per heavy atom. The van der Waals surface area contributed by atoms with Crippen LogP contribution in [0.25, 0.3) is 0 Å². The van der Waals surface area contributed by atoms with Gasteiger partial charge >= 0.3 is 5.97 Å². The Hall–Kier alpha value is -1.16. The zero-order chi connectivity index (χ0) is 13.7. The Morgan fingerprint density at radius 3 is 2.74 bits per heavy atom. The molecule has 0 aromatic heterocycles. The standard InChI is InChI=1S/C15H20O3S/c1-18-14-8-7-11(9-13(14)15(16)17)10-19-12-5-3-2-4-6-12/h7-9,12H,2-6,10H2,1H3,(H,16,17). The van der Waals surface area contributed by atoms with Crippen LogP contribution in [0.5, 0.6) is 5.75 Å². The Morgan fingerprint density at radius 2 is 2.11 bits per heavy atom. The van der Waals surface area contributed by atoms with Gasteiger partial charge in [0.1, 0.15) is 11.3 Å². The molecule has 0 amide bonds. The smallest absolute Gasteiger partial charge is 0.339 e. The van der Waals surface area contributed by atoms with Crippen molar-refractivity contribution in [3.05, 3.63) is 29.3 Å². The van der Waals surface area contributed by atoms with Crippen LogP contribution >= 0.6 is 11.8 Å². The van der Waals surface area contributed by atoms with Gasteiger partial charge in [0.05, 0.1) is 7.11 Å². The second-order valence-corrected chi connectivity index (χ2v) is 6.20. The van der Waals surface area contributed by atoms with Crippen molar-refractivity contribution in [1.82, 2.24) is 0 Å². The van der Waals surface area contributed by atoms with Gasteiger partial charge in [0.25, 0.3) is 0 Å². The molecule has 0 unspecified atom stereocenters. The maximum absolute atomic E-state index is 11.2. The summed E-state index contributed by atoms with van der Waals surface area (Å²) in [4.78, 5) is 11.2. The third-order valence-corrected chi connectivity index (χ3v) is 4.98. The molecule has 0 bridgehead atoms. The Balaban J connectivity index is 2.00. The lowest BCUT2D eigenvalue weighted by molar-refractivity contribution is 0.0693. The van der Waals surface area contributed by atoms with Crippen LogP contribution in [-0.4, -0.2) is 23.4 Å². The number of carbonyl (C=O) groups is 1. The lowest BCUT2D eigenvalue weighted by Gasteiger charge is -2.21. The molecule has 1 aromatic rings. The second kappa shape index (κ2) is 6.85. The zero-order valence-electron chi connectivity index (χ0n) is 11.2. The molecule has 0 aliphatic heterocycles. The first kappa shape index (κ1) is 14.3. The molecule has 4 heteroatoms. The van der Waals surface area contributed by atoms with Gasteiger partial charge < -0.3 is 9.84 Å². The van der Waals surface area contributed by atoms with Crippen LogP contribution in [0.3, 0.4) is 0 Å². The molecule has 1 aromatic carbocycles. The number of benzene rings is 1. The van der Waals surface area contributed by atoms with E-state index in [-0.39, 0.29) is 5.56 Å². The van der Waals surface area contributed by atoms with E-state index in [1.165, 1.54) is 39.2 Å². The molecule has 104 valence electrons. The van der Waals surface area contributed by atoms with Gasteiger partial charge in [-0.3, -0.25) is 0 Å². The van der Waals surface area contributed by atoms with Crippen molar-refractivity contribution in [2.24, 2.45) is 0 Å². The number of hydrogen-bond donors (Lipinski definition) is 1. The maximum atomic E-state index is 11.2. The Kier molecular flexibility index (Phi) is 5.14. The monoisotopic (exact) mass is 280 g/mol. The lowest BCUT2D eigenvalue weighted by Crippen LogP contribution is -2.08. The summed E-state index contributed by atoms with van der Waals surface area (Å²) in [5, 5.41) is 9.89. The molecule has 19 heavy (non-hydrogen) atoms. The van der Waals surface area contributed by atoms with Crippen LogP contribution in [0.2, 0.25) is 0 Å². The first-order valence-corrected chi connectivity index (χ1v) is 7.77. The quantitative estimate of drug-likeness (QED) is 0.886. The third-order valence-electron chi connectivity index (χ3n) is 3.53. The molecular weight excluding hydrogens is 260 g/mol. The summed E-state index contributed by atoms with van der Waals surface area (Å²) < 4.78 is 5.07. The number of carboxylic acids is 1. The summed E-state index contributed by atoms with van der Waals surface area (Å²) >= 11 is 1.95. The summed E-state index contributed by atoms with van der Waals surface area (Å²) in [6.45, 7) is 0. The Labute approximate surface area is 118 Å². The summed E-state index contributed by atoms with van der Waals surface area (Å²) in [6, 6.07) is 5.44. The summed E-state index contributed by atoms with van der Waals surface area (Å²) in [7, 11) is 1.50. The molecule has 0 heterocycles. The topological polar surface area (TPSA) is 46.5 Å². The maximum Gasteiger partial charge on any atom is 0.339 e. The lowest BCUT2D eigenvalue weighted by atomic mass is 10.0. The van der Waals surface area contributed by atoms with E-state index in [1.807, 2.05) is 17.8 Å². The molecule has 0 spiro atoms. The molecule has 0 atom stereocenters. The fourth-order valence-corrected chi connectivity index (χ4v) is 3.73. The van der Waals surface area contributed by atoms with Crippen molar-refractivity contribution >= 4 is 17.7 Å². The van der Waals surface area contributed by atoms with Crippen molar-refractivity contribution in [2.75, 3.05) is 7.11 Å². The number of methoxy groups -OCH3 is 1. The average Bonchev–Trinajstić information content (AvgIpc) is 2.46. The van der Waals surface area contributed by atoms with Gasteiger partial charge in [0, 0.05) is 11.0 Å². The minimum atomic E-state index is -0.929. The molecule has 0 saturated heterocycles. The van der Waals surface area contributed by atoms with Crippen molar-refractivity contribution < 1.29 is 14.6 Å². The van der Waals surface area contributed by atoms with E-state index in [9.17, 15) is 4.79 Å². The molecule has 3 nitrogen and oxygen atoms in total. The predicted molar refractivity (Wildman–Crippen MR) is 78.1 cm³/mol. The number of carboxylic acid groups (broad SMARTS) is 1. The number of hydrogen-bond acceptors (Lipinski definition) is 3. The summed E-state index contributed by atoms with van der Waals surface area (Å²) in [5.74, 6) is 0.384. The van der Waals surface area contributed by atoms with Crippen LogP contribution in [0, 0.1) is 0 Å². The number of aromatic carboxylic acids is 1. The third kappa shape index (κ3) is 3.90. The van der Waals surface area contributed by atoms with E-state index in [4.69, 9.17) is 9.84 Å². The van der Waals surface area contributed by atoms with Crippen LogP contribution in [0.15, 0.2) is 18.2 Å². The van der Waals surface area contributed by atoms with Gasteiger partial charge in [-0.1, -0.05) is 25.3 Å². The van der Waals surface area contributed by atoms with Crippen molar-refractivity contribution in [1.29, 1.82) is 0 Å². The van der Waals surface area contributed by atoms with E-state index in [0.717, 1.165) is 16.6 Å². The molecule has 1 N–H and O–H groups in total. The highest BCUT2D eigenvalue weighted by molar-refractivity contribution is 7.99. The summed E-state index contributed by atoms with van der Waals surface area (Å²) in [6.07, 6.45) is 6.63. The van der Waals surface area contributed by atoms with E-state index in [1.54, 1.807) is 12.1 Å². The van der Waals surface area contributed by atoms with Gasteiger partial charge in [0.2, 0.25) is 0 Å². The van der Waals surface area contributed by atoms with Crippen LogP contribution in [0.1, 0.15) is 48.0 Å². The fourth-order valence-electron chi connectivity index (χ4n) is 2.46. The van der Waals surface area contributed by atoms with Crippen LogP contribution in [-0.2, 0) is 5.75 Å². The largest absolute Gasteiger partial charge is 0.496 e. The minimum absolute atomic E-state index is 0.254. The van der Waals surface area contributed by atoms with E-state index in [0.29, 0.717) is 5.75 Å². The SMILES string of the molecule is COc1ccc(CSC2CCCCC2)cc1C(=O)O. The second-order valence-electron chi connectivity index (χ2n) is 4.91. The highest BCUT2D eigenvalue weighted by atomic mass is 32.2. The number of thioether (sulfide) groups is 1. The number of rotatable bonds is 5. The molecule has 1 fully saturated rings. The van der Waals surface area contributed by atoms with Gasteiger partial charge in [-0.15, -0.1) is 0 Å². The van der Waals surface area contributed by atoms with E-state index in [2.05, 4.69) is 0 Å². The van der Waals surface area contributed by atoms with Crippen molar-refractivity contribution in [3.8, 4) is 5.75 Å². The zero-order valence-corrected chi connectivity index (χ0v) is 12.0. The minimum Gasteiger partial charge on any atom is -0.496 e. The van der Waals surface area contributed by atoms with E-state index < -0.39 is 5.97 Å². The van der Waals surface area contributed by atoms with Gasteiger partial charge in [-0.2, -0.15) is 11.8 Å². The average molecular weight is 280 g/mol. The molecular formula is C15H20O3S. The summed E-state index contributed by atoms with van der Waals surface area (Å²) in [5.41, 5.74) is 1.32. The molecule has 1 aliphatic carbocycles. The van der Waals surface area contributed by atoms with Crippen molar-refractivity contribution in [3.63, 3.8) is 0 Å². The highest BCUT2D eigenvalue weighted by Crippen LogP contribution is 2.31. The molecule has 2 rings (SSSR count). The van der Waals surface area contributed by atoms with Gasteiger partial charge in [-0.25, -0.2) is 4.79 Å².